The third-order valence-electron chi connectivity index (χ3n) is 3.65. The fraction of sp³-hybridized carbons (Fsp3) is 0.769. The van der Waals surface area contributed by atoms with Crippen LogP contribution in [0, 0.1) is 0 Å². The molecular weight excluding hydrogens is 198 g/mol. The van der Waals surface area contributed by atoms with Gasteiger partial charge in [-0.1, -0.05) is 19.3 Å². The summed E-state index contributed by atoms with van der Waals surface area (Å²) in [5.74, 6) is 0.733. The second-order valence-corrected chi connectivity index (χ2v) is 5.19. The normalized spacial score (nSPS) is 19.9. The van der Waals surface area contributed by atoms with Crippen molar-refractivity contribution < 1.29 is 0 Å². The van der Waals surface area contributed by atoms with Gasteiger partial charge in [-0.3, -0.25) is 4.68 Å². The molecular formula is C13H23N3. The van der Waals surface area contributed by atoms with Crippen LogP contribution in [0.2, 0.25) is 0 Å². The third kappa shape index (κ3) is 2.46. The Morgan fingerprint density at radius 1 is 1.44 bits per heavy atom. The van der Waals surface area contributed by atoms with Crippen molar-refractivity contribution in [3.63, 3.8) is 0 Å². The minimum Gasteiger partial charge on any atom is -0.328 e. The van der Waals surface area contributed by atoms with E-state index in [9.17, 15) is 0 Å². The van der Waals surface area contributed by atoms with Crippen LogP contribution in [0.25, 0.3) is 0 Å². The second-order valence-electron chi connectivity index (χ2n) is 5.19. The largest absolute Gasteiger partial charge is 0.328 e. The van der Waals surface area contributed by atoms with Crippen LogP contribution in [0.15, 0.2) is 6.20 Å². The standard InChI is InChI=1S/C13H23N3/c1-10(14)8-13-12(9-15-16(13)2)11-6-4-3-5-7-11/h9-11H,3-8,14H2,1-2H3. The molecule has 0 spiro atoms. The van der Waals surface area contributed by atoms with E-state index in [-0.39, 0.29) is 6.04 Å². The van der Waals surface area contributed by atoms with Crippen molar-refractivity contribution in [2.75, 3.05) is 0 Å². The molecule has 1 aliphatic carbocycles. The Balaban J connectivity index is 2.18. The fourth-order valence-electron chi connectivity index (χ4n) is 2.79. The van der Waals surface area contributed by atoms with E-state index in [2.05, 4.69) is 18.2 Å². The molecule has 1 atom stereocenters. The van der Waals surface area contributed by atoms with Crippen molar-refractivity contribution >= 4 is 0 Å². The van der Waals surface area contributed by atoms with Crippen LogP contribution in [0.3, 0.4) is 0 Å². The van der Waals surface area contributed by atoms with Crippen molar-refractivity contribution in [2.24, 2.45) is 12.8 Å². The van der Waals surface area contributed by atoms with Crippen molar-refractivity contribution in [3.05, 3.63) is 17.5 Å². The molecule has 2 N–H and O–H groups in total. The Morgan fingerprint density at radius 2 is 2.12 bits per heavy atom. The maximum Gasteiger partial charge on any atom is 0.0527 e. The van der Waals surface area contributed by atoms with Gasteiger partial charge in [0.15, 0.2) is 0 Å². The molecule has 0 radical (unpaired) electrons. The Hall–Kier alpha value is -0.830. The van der Waals surface area contributed by atoms with Crippen LogP contribution in [0.1, 0.15) is 56.2 Å². The molecule has 1 fully saturated rings. The van der Waals surface area contributed by atoms with Crippen molar-refractivity contribution in [1.82, 2.24) is 9.78 Å². The van der Waals surface area contributed by atoms with E-state index in [0.29, 0.717) is 0 Å². The van der Waals surface area contributed by atoms with E-state index < -0.39 is 0 Å². The lowest BCUT2D eigenvalue weighted by molar-refractivity contribution is 0.440. The Labute approximate surface area is 98.0 Å². The van der Waals surface area contributed by atoms with Gasteiger partial charge in [-0.2, -0.15) is 5.10 Å². The van der Waals surface area contributed by atoms with E-state index in [1.165, 1.54) is 43.4 Å². The zero-order valence-electron chi connectivity index (χ0n) is 10.4. The Morgan fingerprint density at radius 3 is 2.75 bits per heavy atom. The molecule has 1 aliphatic rings. The number of aryl methyl sites for hydroxylation is 1. The number of nitrogens with two attached hydrogens (primary N) is 1. The van der Waals surface area contributed by atoms with Gasteiger partial charge in [-0.05, 0) is 31.2 Å². The van der Waals surface area contributed by atoms with Crippen molar-refractivity contribution in [2.45, 2.75) is 57.4 Å². The molecule has 0 aliphatic heterocycles. The quantitative estimate of drug-likeness (QED) is 0.851. The maximum atomic E-state index is 5.91. The van der Waals surface area contributed by atoms with Gasteiger partial charge in [0.1, 0.15) is 0 Å². The summed E-state index contributed by atoms with van der Waals surface area (Å²) in [6.45, 7) is 2.07. The molecule has 0 amide bonds. The fourth-order valence-corrected chi connectivity index (χ4v) is 2.79. The van der Waals surface area contributed by atoms with Gasteiger partial charge in [0, 0.05) is 25.2 Å². The lowest BCUT2D eigenvalue weighted by atomic mass is 9.83. The van der Waals surface area contributed by atoms with Gasteiger partial charge in [-0.15, -0.1) is 0 Å². The Bertz CT molecular complexity index is 335. The summed E-state index contributed by atoms with van der Waals surface area (Å²) in [5.41, 5.74) is 8.72. The van der Waals surface area contributed by atoms with Gasteiger partial charge in [0.2, 0.25) is 0 Å². The highest BCUT2D eigenvalue weighted by Gasteiger charge is 2.21. The molecule has 1 aromatic heterocycles. The molecule has 1 saturated carbocycles. The highest BCUT2D eigenvalue weighted by Crippen LogP contribution is 2.34. The summed E-state index contributed by atoms with van der Waals surface area (Å²) in [5, 5.41) is 4.41. The van der Waals surface area contributed by atoms with Crippen molar-refractivity contribution in [1.29, 1.82) is 0 Å². The minimum atomic E-state index is 0.220. The molecule has 2 rings (SSSR count). The van der Waals surface area contributed by atoms with E-state index >= 15 is 0 Å². The molecule has 3 nitrogen and oxygen atoms in total. The predicted molar refractivity (Wildman–Crippen MR) is 66.4 cm³/mol. The van der Waals surface area contributed by atoms with Gasteiger partial charge in [0.05, 0.1) is 6.20 Å². The molecule has 1 unspecified atom stereocenters. The van der Waals surface area contributed by atoms with Gasteiger partial charge < -0.3 is 5.73 Å². The van der Waals surface area contributed by atoms with E-state index in [1.54, 1.807) is 0 Å². The maximum absolute atomic E-state index is 5.91. The first-order valence-corrected chi connectivity index (χ1v) is 6.45. The number of aromatic nitrogens is 2. The molecule has 1 heterocycles. The molecule has 90 valence electrons. The predicted octanol–water partition coefficient (Wildman–Crippen LogP) is 2.36. The first-order chi connectivity index (χ1) is 7.68. The smallest absolute Gasteiger partial charge is 0.0527 e. The lowest BCUT2D eigenvalue weighted by Gasteiger charge is -2.22. The summed E-state index contributed by atoms with van der Waals surface area (Å²) in [6, 6.07) is 0.220. The average molecular weight is 221 g/mol. The van der Waals surface area contributed by atoms with Crippen LogP contribution in [0.5, 0.6) is 0 Å². The highest BCUT2D eigenvalue weighted by atomic mass is 15.3. The molecule has 0 bridgehead atoms. The first kappa shape index (κ1) is 11.6. The summed E-state index contributed by atoms with van der Waals surface area (Å²) in [6.07, 6.45) is 9.82. The van der Waals surface area contributed by atoms with Crippen LogP contribution < -0.4 is 5.73 Å². The molecule has 3 heteroatoms. The lowest BCUT2D eigenvalue weighted by Crippen LogP contribution is -2.21. The minimum absolute atomic E-state index is 0.220. The van der Waals surface area contributed by atoms with Crippen LogP contribution in [0.4, 0.5) is 0 Å². The van der Waals surface area contributed by atoms with Gasteiger partial charge >= 0.3 is 0 Å². The first-order valence-electron chi connectivity index (χ1n) is 6.45. The van der Waals surface area contributed by atoms with Crippen LogP contribution in [-0.4, -0.2) is 15.8 Å². The van der Waals surface area contributed by atoms with Gasteiger partial charge in [0.25, 0.3) is 0 Å². The molecule has 0 saturated heterocycles. The van der Waals surface area contributed by atoms with Crippen LogP contribution in [-0.2, 0) is 13.5 Å². The molecule has 0 aromatic carbocycles. The summed E-state index contributed by atoms with van der Waals surface area (Å²) < 4.78 is 2.01. The highest BCUT2D eigenvalue weighted by molar-refractivity contribution is 5.23. The number of nitrogens with zero attached hydrogens (tertiary/aromatic N) is 2. The SMILES string of the molecule is CC(N)Cc1c(C2CCCCC2)cnn1C. The topological polar surface area (TPSA) is 43.8 Å². The zero-order chi connectivity index (χ0) is 11.5. The number of hydrogen-bond donors (Lipinski definition) is 1. The molecule has 1 aromatic rings. The summed E-state index contributed by atoms with van der Waals surface area (Å²) in [7, 11) is 2.03. The average Bonchev–Trinajstić information content (AvgIpc) is 2.61. The summed E-state index contributed by atoms with van der Waals surface area (Å²) in [4.78, 5) is 0. The van der Waals surface area contributed by atoms with E-state index in [1.807, 2.05) is 11.7 Å². The monoisotopic (exact) mass is 221 g/mol. The van der Waals surface area contributed by atoms with Crippen LogP contribution >= 0.6 is 0 Å². The number of hydrogen-bond acceptors (Lipinski definition) is 2. The van der Waals surface area contributed by atoms with E-state index in [0.717, 1.165) is 12.3 Å². The zero-order valence-corrected chi connectivity index (χ0v) is 10.4. The van der Waals surface area contributed by atoms with E-state index in [4.69, 9.17) is 5.73 Å². The second kappa shape index (κ2) is 5.00. The van der Waals surface area contributed by atoms with Crippen molar-refractivity contribution in [3.8, 4) is 0 Å². The summed E-state index contributed by atoms with van der Waals surface area (Å²) >= 11 is 0. The number of rotatable bonds is 3. The van der Waals surface area contributed by atoms with Gasteiger partial charge in [-0.25, -0.2) is 0 Å². The third-order valence-corrected chi connectivity index (χ3v) is 3.65. The Kier molecular flexibility index (Phi) is 3.64. The molecule has 16 heavy (non-hydrogen) atoms.